The molecule has 0 aromatic carbocycles. The van der Waals surface area contributed by atoms with E-state index in [1.807, 2.05) is 13.0 Å². The molecule has 0 bridgehead atoms. The number of methoxy groups -OCH3 is 1. The molecule has 0 radical (unpaired) electrons. The Morgan fingerprint density at radius 3 is 2.74 bits per heavy atom. The van der Waals surface area contributed by atoms with Gasteiger partial charge in [-0.1, -0.05) is 13.8 Å². The van der Waals surface area contributed by atoms with E-state index in [0.717, 1.165) is 54.4 Å². The van der Waals surface area contributed by atoms with Crippen LogP contribution in [0.15, 0.2) is 6.07 Å². The predicted molar refractivity (Wildman–Crippen MR) is 90.4 cm³/mol. The van der Waals surface area contributed by atoms with E-state index in [4.69, 9.17) is 19.4 Å². The Balaban J connectivity index is 2.23. The highest BCUT2D eigenvalue weighted by molar-refractivity contribution is 5.94. The number of anilines is 1. The highest BCUT2D eigenvalue weighted by Crippen LogP contribution is 2.33. The van der Waals surface area contributed by atoms with Gasteiger partial charge in [-0.25, -0.2) is 15.0 Å². The summed E-state index contributed by atoms with van der Waals surface area (Å²) in [5, 5.41) is 0.893. The lowest BCUT2D eigenvalue weighted by atomic mass is 10.1. The molecule has 1 fully saturated rings. The van der Waals surface area contributed by atoms with Crippen LogP contribution in [0.2, 0.25) is 0 Å². The second kappa shape index (κ2) is 6.66. The summed E-state index contributed by atoms with van der Waals surface area (Å²) in [5.74, 6) is 2.62. The molecule has 0 aliphatic carbocycles. The molecular weight excluding hydrogens is 292 g/mol. The number of pyridine rings is 1. The molecule has 0 unspecified atom stereocenters. The second-order valence-corrected chi connectivity index (χ2v) is 6.18. The van der Waals surface area contributed by atoms with E-state index in [1.165, 1.54) is 0 Å². The number of ether oxygens (including phenoxy) is 2. The summed E-state index contributed by atoms with van der Waals surface area (Å²) < 4.78 is 11.1. The highest BCUT2D eigenvalue weighted by atomic mass is 16.5. The highest BCUT2D eigenvalue weighted by Gasteiger charge is 2.21. The van der Waals surface area contributed by atoms with Gasteiger partial charge in [0.05, 0.1) is 19.2 Å². The maximum absolute atomic E-state index is 5.58. The Morgan fingerprint density at radius 1 is 1.17 bits per heavy atom. The van der Waals surface area contributed by atoms with Crippen molar-refractivity contribution in [3.63, 3.8) is 0 Å². The Bertz CT molecular complexity index is 695. The molecule has 2 aromatic rings. The third-order valence-electron chi connectivity index (χ3n) is 4.00. The lowest BCUT2D eigenvalue weighted by Gasteiger charge is -2.24. The molecule has 2 aromatic heterocycles. The first-order valence-electron chi connectivity index (χ1n) is 8.16. The predicted octanol–water partition coefficient (Wildman–Crippen LogP) is 2.69. The zero-order chi connectivity index (χ0) is 16.4. The van der Waals surface area contributed by atoms with Crippen LogP contribution in [-0.2, 0) is 4.74 Å². The maximum atomic E-state index is 5.58. The molecule has 1 aliphatic heterocycles. The Hall–Kier alpha value is -1.95. The minimum Gasteiger partial charge on any atom is -0.480 e. The summed E-state index contributed by atoms with van der Waals surface area (Å²) in [4.78, 5) is 16.4. The van der Waals surface area contributed by atoms with Gasteiger partial charge in [-0.05, 0) is 19.4 Å². The number of aryl methyl sites for hydroxylation is 1. The van der Waals surface area contributed by atoms with Crippen molar-refractivity contribution in [3.05, 3.63) is 17.6 Å². The van der Waals surface area contributed by atoms with Gasteiger partial charge >= 0.3 is 0 Å². The van der Waals surface area contributed by atoms with Gasteiger partial charge in [-0.15, -0.1) is 0 Å². The smallest absolute Gasteiger partial charge is 0.226 e. The summed E-state index contributed by atoms with van der Waals surface area (Å²) in [5.41, 5.74) is 1.79. The van der Waals surface area contributed by atoms with Gasteiger partial charge in [0.2, 0.25) is 5.88 Å². The zero-order valence-corrected chi connectivity index (χ0v) is 14.3. The van der Waals surface area contributed by atoms with Crippen molar-refractivity contribution >= 4 is 16.7 Å². The molecule has 0 spiro atoms. The SMILES string of the molecule is COc1nc(C)cc2nc(C(C)C)nc(N3CCCOCC3)c12. The summed E-state index contributed by atoms with van der Waals surface area (Å²) in [6.45, 7) is 9.43. The van der Waals surface area contributed by atoms with Crippen LogP contribution in [0.1, 0.15) is 37.7 Å². The maximum Gasteiger partial charge on any atom is 0.226 e. The molecule has 0 amide bonds. The minimum atomic E-state index is 0.265. The Morgan fingerprint density at radius 2 is 2.00 bits per heavy atom. The molecule has 1 saturated heterocycles. The van der Waals surface area contributed by atoms with Gasteiger partial charge in [-0.3, -0.25) is 0 Å². The van der Waals surface area contributed by atoms with Crippen LogP contribution in [0, 0.1) is 6.92 Å². The molecule has 0 N–H and O–H groups in total. The van der Waals surface area contributed by atoms with Crippen molar-refractivity contribution in [2.45, 2.75) is 33.1 Å². The van der Waals surface area contributed by atoms with E-state index in [2.05, 4.69) is 23.7 Å². The molecule has 6 heteroatoms. The molecule has 3 heterocycles. The van der Waals surface area contributed by atoms with Gasteiger partial charge in [0.1, 0.15) is 17.0 Å². The summed E-state index contributed by atoms with van der Waals surface area (Å²) in [6, 6.07) is 2.00. The van der Waals surface area contributed by atoms with Crippen molar-refractivity contribution in [3.8, 4) is 5.88 Å². The third kappa shape index (κ3) is 3.22. The topological polar surface area (TPSA) is 60.4 Å². The number of fused-ring (bicyclic) bond motifs is 1. The number of hydrogen-bond acceptors (Lipinski definition) is 6. The number of nitrogens with zero attached hydrogens (tertiary/aromatic N) is 4. The molecule has 6 nitrogen and oxygen atoms in total. The zero-order valence-electron chi connectivity index (χ0n) is 14.3. The lowest BCUT2D eigenvalue weighted by Crippen LogP contribution is -2.28. The monoisotopic (exact) mass is 316 g/mol. The van der Waals surface area contributed by atoms with Gasteiger partial charge in [0.15, 0.2) is 0 Å². The first kappa shape index (κ1) is 15.9. The summed E-state index contributed by atoms with van der Waals surface area (Å²) in [6.07, 6.45) is 0.990. The normalized spacial score (nSPS) is 16.0. The Kier molecular flexibility index (Phi) is 4.61. The second-order valence-electron chi connectivity index (χ2n) is 6.18. The number of hydrogen-bond donors (Lipinski definition) is 0. The fourth-order valence-corrected chi connectivity index (χ4v) is 2.83. The van der Waals surface area contributed by atoms with Crippen molar-refractivity contribution in [2.75, 3.05) is 38.3 Å². The van der Waals surface area contributed by atoms with E-state index in [-0.39, 0.29) is 5.92 Å². The van der Waals surface area contributed by atoms with Gasteiger partial charge < -0.3 is 14.4 Å². The van der Waals surface area contributed by atoms with Crippen molar-refractivity contribution in [1.82, 2.24) is 15.0 Å². The summed E-state index contributed by atoms with van der Waals surface area (Å²) >= 11 is 0. The van der Waals surface area contributed by atoms with E-state index < -0.39 is 0 Å². The fourth-order valence-electron chi connectivity index (χ4n) is 2.83. The lowest BCUT2D eigenvalue weighted by molar-refractivity contribution is 0.152. The van der Waals surface area contributed by atoms with Crippen LogP contribution in [0.5, 0.6) is 5.88 Å². The van der Waals surface area contributed by atoms with Crippen molar-refractivity contribution in [2.24, 2.45) is 0 Å². The average Bonchev–Trinajstić information content (AvgIpc) is 2.81. The standard InChI is InChI=1S/C17H24N4O2/c1-11(2)15-19-13-10-12(3)18-17(22-4)14(13)16(20-15)21-6-5-8-23-9-7-21/h10-11H,5-9H2,1-4H3. The van der Waals surface area contributed by atoms with Crippen LogP contribution in [-0.4, -0.2) is 48.4 Å². The molecule has 3 rings (SSSR count). The van der Waals surface area contributed by atoms with Crippen LogP contribution in [0.4, 0.5) is 5.82 Å². The van der Waals surface area contributed by atoms with Crippen molar-refractivity contribution in [1.29, 1.82) is 0 Å². The van der Waals surface area contributed by atoms with Crippen LogP contribution >= 0.6 is 0 Å². The van der Waals surface area contributed by atoms with Crippen LogP contribution in [0.25, 0.3) is 10.9 Å². The van der Waals surface area contributed by atoms with Gasteiger partial charge in [-0.2, -0.15) is 0 Å². The van der Waals surface area contributed by atoms with E-state index in [9.17, 15) is 0 Å². The molecule has 0 saturated carbocycles. The summed E-state index contributed by atoms with van der Waals surface area (Å²) in [7, 11) is 1.65. The van der Waals surface area contributed by atoms with Crippen LogP contribution < -0.4 is 9.64 Å². The molecule has 0 atom stereocenters. The minimum absolute atomic E-state index is 0.265. The molecule has 1 aliphatic rings. The van der Waals surface area contributed by atoms with E-state index in [0.29, 0.717) is 12.5 Å². The Labute approximate surface area is 136 Å². The first-order valence-corrected chi connectivity index (χ1v) is 8.16. The molecule has 124 valence electrons. The quantitative estimate of drug-likeness (QED) is 0.867. The molecular formula is C17H24N4O2. The van der Waals surface area contributed by atoms with E-state index in [1.54, 1.807) is 7.11 Å². The largest absolute Gasteiger partial charge is 0.480 e. The fraction of sp³-hybridized carbons (Fsp3) is 0.588. The number of rotatable bonds is 3. The van der Waals surface area contributed by atoms with Crippen LogP contribution in [0.3, 0.4) is 0 Å². The first-order chi connectivity index (χ1) is 11.1. The van der Waals surface area contributed by atoms with Crippen molar-refractivity contribution < 1.29 is 9.47 Å². The molecule has 23 heavy (non-hydrogen) atoms. The van der Waals surface area contributed by atoms with E-state index >= 15 is 0 Å². The van der Waals surface area contributed by atoms with Gasteiger partial charge in [0, 0.05) is 31.3 Å². The number of aromatic nitrogens is 3. The van der Waals surface area contributed by atoms with Gasteiger partial charge in [0.25, 0.3) is 0 Å². The average molecular weight is 316 g/mol. The third-order valence-corrected chi connectivity index (χ3v) is 4.00.